The summed E-state index contributed by atoms with van der Waals surface area (Å²) in [5, 5.41) is 11.7. The van der Waals surface area contributed by atoms with Gasteiger partial charge in [0, 0.05) is 45.8 Å². The average molecular weight is 286 g/mol. The van der Waals surface area contributed by atoms with Gasteiger partial charge in [-0.05, 0) is 20.3 Å². The number of carbonyl (C=O) groups excluding carboxylic acids is 1. The molecule has 1 unspecified atom stereocenters. The van der Waals surface area contributed by atoms with Gasteiger partial charge in [0.2, 0.25) is 5.91 Å². The zero-order valence-corrected chi connectivity index (χ0v) is 12.4. The highest BCUT2D eigenvalue weighted by molar-refractivity contribution is 5.84. The van der Waals surface area contributed by atoms with Crippen molar-refractivity contribution in [2.75, 3.05) is 39.4 Å². The maximum Gasteiger partial charge on any atom is 0.222 e. The summed E-state index contributed by atoms with van der Waals surface area (Å²) in [5.74, 6) is 0.391. The van der Waals surface area contributed by atoms with Crippen molar-refractivity contribution >= 4 is 11.7 Å². The molecular weight excluding hydrogens is 260 g/mol. The van der Waals surface area contributed by atoms with Crippen LogP contribution in [0.2, 0.25) is 0 Å². The maximum atomic E-state index is 12.0. The van der Waals surface area contributed by atoms with Gasteiger partial charge in [-0.25, -0.2) is 0 Å². The molecular formula is C13H26N4O3. The van der Waals surface area contributed by atoms with Crippen LogP contribution in [0.1, 0.15) is 26.7 Å². The Morgan fingerprint density at radius 2 is 2.05 bits per heavy atom. The number of amides is 1. The second kappa shape index (κ2) is 8.76. The SMILES string of the molecule is CCOCCCC(=O)N1CCN(C(C)C(N)=NO)CC1. The van der Waals surface area contributed by atoms with E-state index in [1.54, 1.807) is 0 Å². The fourth-order valence-corrected chi connectivity index (χ4v) is 2.26. The molecule has 1 heterocycles. The number of nitrogens with zero attached hydrogens (tertiary/aromatic N) is 3. The van der Waals surface area contributed by atoms with Crippen LogP contribution < -0.4 is 5.73 Å². The fraction of sp³-hybridized carbons (Fsp3) is 0.846. The summed E-state index contributed by atoms with van der Waals surface area (Å²) in [6, 6.07) is -0.102. The van der Waals surface area contributed by atoms with E-state index in [1.165, 1.54) is 0 Å². The standard InChI is InChI=1S/C13H26N4O3/c1-3-20-10-4-5-12(18)17-8-6-16(7-9-17)11(2)13(14)15-19/h11,19H,3-10H2,1-2H3,(H2,14,15). The summed E-state index contributed by atoms with van der Waals surface area (Å²) in [6.45, 7) is 8.05. The molecule has 0 aromatic carbocycles. The van der Waals surface area contributed by atoms with E-state index in [0.29, 0.717) is 32.7 Å². The van der Waals surface area contributed by atoms with Crippen LogP contribution in [0.15, 0.2) is 5.16 Å². The van der Waals surface area contributed by atoms with Crippen LogP contribution in [0, 0.1) is 0 Å². The molecule has 0 saturated carbocycles. The van der Waals surface area contributed by atoms with Gasteiger partial charge in [0.15, 0.2) is 5.84 Å². The Balaban J connectivity index is 2.29. The number of nitrogens with two attached hydrogens (primary N) is 1. The van der Waals surface area contributed by atoms with E-state index in [4.69, 9.17) is 15.7 Å². The van der Waals surface area contributed by atoms with Gasteiger partial charge in [0.25, 0.3) is 0 Å². The lowest BCUT2D eigenvalue weighted by Crippen LogP contribution is -2.54. The van der Waals surface area contributed by atoms with Crippen LogP contribution in [0.25, 0.3) is 0 Å². The van der Waals surface area contributed by atoms with E-state index in [1.807, 2.05) is 18.7 Å². The van der Waals surface area contributed by atoms with Crippen LogP contribution >= 0.6 is 0 Å². The van der Waals surface area contributed by atoms with Crippen molar-refractivity contribution in [2.45, 2.75) is 32.7 Å². The van der Waals surface area contributed by atoms with E-state index in [0.717, 1.165) is 19.5 Å². The first-order valence-electron chi connectivity index (χ1n) is 7.17. The third-order valence-electron chi connectivity index (χ3n) is 3.64. The van der Waals surface area contributed by atoms with Gasteiger partial charge >= 0.3 is 0 Å². The Morgan fingerprint density at radius 3 is 2.60 bits per heavy atom. The monoisotopic (exact) mass is 286 g/mol. The molecule has 7 nitrogen and oxygen atoms in total. The predicted molar refractivity (Wildman–Crippen MR) is 76.8 cm³/mol. The lowest BCUT2D eigenvalue weighted by atomic mass is 10.2. The molecule has 116 valence electrons. The maximum absolute atomic E-state index is 12.0. The highest BCUT2D eigenvalue weighted by Crippen LogP contribution is 2.08. The van der Waals surface area contributed by atoms with E-state index >= 15 is 0 Å². The highest BCUT2D eigenvalue weighted by atomic mass is 16.5. The summed E-state index contributed by atoms with van der Waals surface area (Å²) in [7, 11) is 0. The molecule has 0 aromatic rings. The number of ether oxygens (including phenoxy) is 1. The van der Waals surface area contributed by atoms with Gasteiger partial charge < -0.3 is 20.6 Å². The first-order chi connectivity index (χ1) is 9.60. The quantitative estimate of drug-likeness (QED) is 0.227. The average Bonchev–Trinajstić information content (AvgIpc) is 2.50. The lowest BCUT2D eigenvalue weighted by Gasteiger charge is -2.37. The van der Waals surface area contributed by atoms with Crippen molar-refractivity contribution in [2.24, 2.45) is 10.9 Å². The minimum Gasteiger partial charge on any atom is -0.409 e. The van der Waals surface area contributed by atoms with E-state index in [9.17, 15) is 4.79 Å². The Hall–Kier alpha value is -1.34. The summed E-state index contributed by atoms with van der Waals surface area (Å²) >= 11 is 0. The number of piperazine rings is 1. The van der Waals surface area contributed by atoms with Gasteiger partial charge in [-0.2, -0.15) is 0 Å². The minimum atomic E-state index is -0.102. The molecule has 0 aliphatic carbocycles. The zero-order valence-electron chi connectivity index (χ0n) is 12.4. The van der Waals surface area contributed by atoms with Crippen molar-refractivity contribution in [3.63, 3.8) is 0 Å². The largest absolute Gasteiger partial charge is 0.409 e. The number of hydrogen-bond acceptors (Lipinski definition) is 5. The molecule has 1 fully saturated rings. The van der Waals surface area contributed by atoms with E-state index in [2.05, 4.69) is 10.1 Å². The molecule has 3 N–H and O–H groups in total. The normalized spacial score (nSPS) is 19.1. The van der Waals surface area contributed by atoms with Gasteiger partial charge in [-0.1, -0.05) is 5.16 Å². The fourth-order valence-electron chi connectivity index (χ4n) is 2.26. The molecule has 1 atom stereocenters. The van der Waals surface area contributed by atoms with Crippen molar-refractivity contribution in [1.29, 1.82) is 0 Å². The van der Waals surface area contributed by atoms with Gasteiger partial charge in [-0.15, -0.1) is 0 Å². The molecule has 0 aromatic heterocycles. The molecule has 20 heavy (non-hydrogen) atoms. The van der Waals surface area contributed by atoms with E-state index < -0.39 is 0 Å². The molecule has 1 aliphatic rings. The Bertz CT molecular complexity index is 328. The van der Waals surface area contributed by atoms with Crippen molar-refractivity contribution < 1.29 is 14.7 Å². The number of amidine groups is 1. The minimum absolute atomic E-state index is 0.102. The number of carbonyl (C=O) groups is 1. The molecule has 1 rings (SSSR count). The molecule has 0 radical (unpaired) electrons. The molecule has 0 bridgehead atoms. The van der Waals surface area contributed by atoms with Crippen LogP contribution in [0.5, 0.6) is 0 Å². The van der Waals surface area contributed by atoms with Crippen LogP contribution in [-0.4, -0.2) is 72.2 Å². The second-order valence-corrected chi connectivity index (χ2v) is 4.92. The van der Waals surface area contributed by atoms with Gasteiger partial charge in [0.1, 0.15) is 0 Å². The zero-order chi connectivity index (χ0) is 15.0. The van der Waals surface area contributed by atoms with Crippen molar-refractivity contribution in [1.82, 2.24) is 9.80 Å². The molecule has 7 heteroatoms. The summed E-state index contributed by atoms with van der Waals surface area (Å²) < 4.78 is 5.23. The van der Waals surface area contributed by atoms with Gasteiger partial charge in [-0.3, -0.25) is 9.69 Å². The topological polar surface area (TPSA) is 91.4 Å². The third kappa shape index (κ3) is 4.97. The Morgan fingerprint density at radius 1 is 1.40 bits per heavy atom. The van der Waals surface area contributed by atoms with Crippen LogP contribution in [0.3, 0.4) is 0 Å². The first kappa shape index (κ1) is 16.7. The number of rotatable bonds is 7. The van der Waals surface area contributed by atoms with Crippen LogP contribution in [0.4, 0.5) is 0 Å². The molecule has 1 saturated heterocycles. The molecule has 1 aliphatic heterocycles. The highest BCUT2D eigenvalue weighted by Gasteiger charge is 2.25. The van der Waals surface area contributed by atoms with E-state index in [-0.39, 0.29) is 17.8 Å². The molecule has 0 spiro atoms. The Kier molecular flexibility index (Phi) is 7.32. The van der Waals surface area contributed by atoms with Crippen LogP contribution in [-0.2, 0) is 9.53 Å². The summed E-state index contributed by atoms with van der Waals surface area (Å²) in [5.41, 5.74) is 5.60. The first-order valence-corrected chi connectivity index (χ1v) is 7.17. The number of oxime groups is 1. The number of hydrogen-bond donors (Lipinski definition) is 2. The summed E-state index contributed by atoms with van der Waals surface area (Å²) in [4.78, 5) is 16.0. The third-order valence-corrected chi connectivity index (χ3v) is 3.64. The van der Waals surface area contributed by atoms with Crippen molar-refractivity contribution in [3.8, 4) is 0 Å². The van der Waals surface area contributed by atoms with Gasteiger partial charge in [0.05, 0.1) is 6.04 Å². The smallest absolute Gasteiger partial charge is 0.222 e. The summed E-state index contributed by atoms with van der Waals surface area (Å²) in [6.07, 6.45) is 1.31. The molecule has 1 amide bonds. The lowest BCUT2D eigenvalue weighted by molar-refractivity contribution is -0.133. The predicted octanol–water partition coefficient (Wildman–Crippen LogP) is 0.0822. The second-order valence-electron chi connectivity index (χ2n) is 4.92. The Labute approximate surface area is 120 Å². The van der Waals surface area contributed by atoms with Crippen molar-refractivity contribution in [3.05, 3.63) is 0 Å².